The van der Waals surface area contributed by atoms with Gasteiger partial charge in [-0.05, 0) is 43.2 Å². The third-order valence-electron chi connectivity index (χ3n) is 5.31. The highest BCUT2D eigenvalue weighted by molar-refractivity contribution is 5.78. The summed E-state index contributed by atoms with van der Waals surface area (Å²) in [7, 11) is 3.09. The first-order chi connectivity index (χ1) is 14.4. The van der Waals surface area contributed by atoms with Crippen LogP contribution in [0.2, 0.25) is 0 Å². The molecule has 0 spiro atoms. The highest BCUT2D eigenvalue weighted by Gasteiger charge is 2.26. The molecular formula is C21H24FN3O5. The molecule has 1 aliphatic heterocycles. The third-order valence-corrected chi connectivity index (χ3v) is 5.31. The molecule has 1 heterocycles. The number of amides is 1. The molecule has 0 aromatic heterocycles. The van der Waals surface area contributed by atoms with Gasteiger partial charge in [0.15, 0.2) is 6.61 Å². The fourth-order valence-corrected chi connectivity index (χ4v) is 3.51. The Bertz CT molecular complexity index is 898. The van der Waals surface area contributed by atoms with E-state index < -0.39 is 4.92 Å². The number of methoxy groups -OCH3 is 1. The minimum Gasteiger partial charge on any atom is -0.490 e. The smallest absolute Gasteiger partial charge is 0.311 e. The van der Waals surface area contributed by atoms with Gasteiger partial charge in [-0.25, -0.2) is 4.39 Å². The van der Waals surface area contributed by atoms with Gasteiger partial charge in [-0.2, -0.15) is 0 Å². The van der Waals surface area contributed by atoms with E-state index in [4.69, 9.17) is 9.47 Å². The monoisotopic (exact) mass is 417 g/mol. The number of carbonyl (C=O) groups is 1. The lowest BCUT2D eigenvalue weighted by Gasteiger charge is -2.37. The van der Waals surface area contributed by atoms with E-state index in [1.165, 1.54) is 37.4 Å². The molecule has 1 amide bonds. The van der Waals surface area contributed by atoms with Crippen LogP contribution in [0.1, 0.15) is 12.8 Å². The van der Waals surface area contributed by atoms with Crippen molar-refractivity contribution in [1.82, 2.24) is 4.90 Å². The van der Waals surface area contributed by atoms with Crippen molar-refractivity contribution < 1.29 is 23.6 Å². The van der Waals surface area contributed by atoms with Crippen molar-refractivity contribution >= 4 is 17.3 Å². The number of rotatable bonds is 7. The SMILES string of the molecule is COc1cc(OCC(=O)N(C)C2CCN(c3ccc(F)cc3)CC2)ccc1[N+](=O)[O-]. The van der Waals surface area contributed by atoms with Crippen molar-refractivity contribution in [2.45, 2.75) is 18.9 Å². The highest BCUT2D eigenvalue weighted by Crippen LogP contribution is 2.31. The number of ether oxygens (including phenoxy) is 2. The van der Waals surface area contributed by atoms with Crippen LogP contribution in [-0.4, -0.2) is 55.6 Å². The maximum atomic E-state index is 13.1. The molecule has 0 atom stereocenters. The average Bonchev–Trinajstić information content (AvgIpc) is 2.77. The number of nitrogens with zero attached hydrogens (tertiary/aromatic N) is 3. The lowest BCUT2D eigenvalue weighted by Crippen LogP contribution is -2.47. The molecule has 0 radical (unpaired) electrons. The van der Waals surface area contributed by atoms with E-state index in [2.05, 4.69) is 4.90 Å². The lowest BCUT2D eigenvalue weighted by molar-refractivity contribution is -0.385. The maximum absolute atomic E-state index is 13.1. The Labute approximate surface area is 173 Å². The van der Waals surface area contributed by atoms with Gasteiger partial charge in [0.25, 0.3) is 5.91 Å². The van der Waals surface area contributed by atoms with Crippen LogP contribution < -0.4 is 14.4 Å². The standard InChI is InChI=1S/C21H24FN3O5/c1-23(16-9-11-24(12-10-16)17-5-3-15(22)4-6-17)21(26)14-30-18-7-8-19(25(27)28)20(13-18)29-2/h3-8,13,16H,9-12,14H2,1-2H3. The molecular weight excluding hydrogens is 393 g/mol. The number of anilines is 1. The van der Waals surface area contributed by atoms with Crippen molar-refractivity contribution in [2.75, 3.05) is 38.8 Å². The van der Waals surface area contributed by atoms with Gasteiger partial charge in [-0.15, -0.1) is 0 Å². The second-order valence-corrected chi connectivity index (χ2v) is 7.08. The Hall–Kier alpha value is -3.36. The molecule has 3 rings (SSSR count). The molecule has 1 fully saturated rings. The van der Waals surface area contributed by atoms with Crippen molar-refractivity contribution in [3.63, 3.8) is 0 Å². The summed E-state index contributed by atoms with van der Waals surface area (Å²) < 4.78 is 23.6. The second kappa shape index (κ2) is 9.43. The highest BCUT2D eigenvalue weighted by atomic mass is 19.1. The number of halogens is 1. The zero-order chi connectivity index (χ0) is 21.7. The van der Waals surface area contributed by atoms with Gasteiger partial charge in [0.1, 0.15) is 11.6 Å². The van der Waals surface area contributed by atoms with Gasteiger partial charge in [0.2, 0.25) is 5.75 Å². The normalized spacial score (nSPS) is 14.3. The molecule has 0 unspecified atom stereocenters. The summed E-state index contributed by atoms with van der Waals surface area (Å²) in [6.45, 7) is 1.37. The lowest BCUT2D eigenvalue weighted by atomic mass is 10.0. The van der Waals surface area contributed by atoms with E-state index >= 15 is 0 Å². The molecule has 1 aliphatic rings. The van der Waals surface area contributed by atoms with Gasteiger partial charge in [0, 0.05) is 44.0 Å². The number of hydrogen-bond donors (Lipinski definition) is 0. The first-order valence-corrected chi connectivity index (χ1v) is 9.60. The van der Waals surface area contributed by atoms with Crippen LogP contribution in [0.4, 0.5) is 15.8 Å². The van der Waals surface area contributed by atoms with Crippen LogP contribution in [0.15, 0.2) is 42.5 Å². The molecule has 0 saturated carbocycles. The van der Waals surface area contributed by atoms with Gasteiger partial charge in [-0.3, -0.25) is 14.9 Å². The van der Waals surface area contributed by atoms with E-state index in [9.17, 15) is 19.3 Å². The number of nitro benzene ring substituents is 1. The molecule has 160 valence electrons. The Morgan fingerprint density at radius 3 is 2.50 bits per heavy atom. The van der Waals surface area contributed by atoms with Crippen LogP contribution in [0.25, 0.3) is 0 Å². The predicted octanol–water partition coefficient (Wildman–Crippen LogP) is 3.25. The predicted molar refractivity (Wildman–Crippen MR) is 110 cm³/mol. The van der Waals surface area contributed by atoms with E-state index in [0.717, 1.165) is 31.6 Å². The number of nitro groups is 1. The molecule has 0 bridgehead atoms. The van der Waals surface area contributed by atoms with Crippen LogP contribution in [-0.2, 0) is 4.79 Å². The summed E-state index contributed by atoms with van der Waals surface area (Å²) in [5.74, 6) is -0.0334. The molecule has 8 nitrogen and oxygen atoms in total. The number of likely N-dealkylation sites (N-methyl/N-ethyl adjacent to an activating group) is 1. The summed E-state index contributed by atoms with van der Waals surface area (Å²) in [5, 5.41) is 11.0. The summed E-state index contributed by atoms with van der Waals surface area (Å²) in [6.07, 6.45) is 1.59. The number of hydrogen-bond acceptors (Lipinski definition) is 6. The zero-order valence-corrected chi connectivity index (χ0v) is 16.9. The van der Waals surface area contributed by atoms with Crippen LogP contribution in [0, 0.1) is 15.9 Å². The molecule has 30 heavy (non-hydrogen) atoms. The van der Waals surface area contributed by atoms with Crippen molar-refractivity contribution in [3.05, 3.63) is 58.4 Å². The number of benzene rings is 2. The van der Waals surface area contributed by atoms with Gasteiger partial charge < -0.3 is 19.3 Å². The molecule has 2 aromatic rings. The first-order valence-electron chi connectivity index (χ1n) is 9.60. The molecule has 9 heteroatoms. The summed E-state index contributed by atoms with van der Waals surface area (Å²) in [4.78, 5) is 26.8. The molecule has 2 aromatic carbocycles. The van der Waals surface area contributed by atoms with E-state index in [-0.39, 0.29) is 35.8 Å². The van der Waals surface area contributed by atoms with Gasteiger partial charge in [-0.1, -0.05) is 0 Å². The van der Waals surface area contributed by atoms with Crippen molar-refractivity contribution in [3.8, 4) is 11.5 Å². The molecule has 0 N–H and O–H groups in total. The summed E-state index contributed by atoms with van der Waals surface area (Å²) >= 11 is 0. The Balaban J connectivity index is 1.51. The Kier molecular flexibility index (Phi) is 6.71. The quantitative estimate of drug-likeness (QED) is 0.508. The molecule has 0 aliphatic carbocycles. The fourth-order valence-electron chi connectivity index (χ4n) is 3.51. The van der Waals surface area contributed by atoms with Crippen LogP contribution >= 0.6 is 0 Å². The maximum Gasteiger partial charge on any atom is 0.311 e. The van der Waals surface area contributed by atoms with Gasteiger partial charge in [0.05, 0.1) is 12.0 Å². The summed E-state index contributed by atoms with van der Waals surface area (Å²) in [6, 6.07) is 10.6. The van der Waals surface area contributed by atoms with Crippen molar-refractivity contribution in [1.29, 1.82) is 0 Å². The van der Waals surface area contributed by atoms with Gasteiger partial charge >= 0.3 is 5.69 Å². The second-order valence-electron chi connectivity index (χ2n) is 7.08. The Morgan fingerprint density at radius 1 is 1.23 bits per heavy atom. The van der Waals surface area contributed by atoms with Crippen molar-refractivity contribution in [2.24, 2.45) is 0 Å². The fraction of sp³-hybridized carbons (Fsp3) is 0.381. The minimum atomic E-state index is -0.542. The van der Waals surface area contributed by atoms with E-state index in [1.807, 2.05) is 0 Å². The molecule has 1 saturated heterocycles. The van der Waals surface area contributed by atoms with Crippen LogP contribution in [0.3, 0.4) is 0 Å². The Morgan fingerprint density at radius 2 is 1.90 bits per heavy atom. The third kappa shape index (κ3) is 4.97. The summed E-state index contributed by atoms with van der Waals surface area (Å²) in [5.41, 5.74) is 0.806. The first kappa shape index (κ1) is 21.4. The largest absolute Gasteiger partial charge is 0.490 e. The zero-order valence-electron chi connectivity index (χ0n) is 16.9. The average molecular weight is 417 g/mol. The topological polar surface area (TPSA) is 85.2 Å². The van der Waals surface area contributed by atoms with E-state index in [1.54, 1.807) is 24.1 Å². The van der Waals surface area contributed by atoms with Crippen LogP contribution in [0.5, 0.6) is 11.5 Å². The minimum absolute atomic E-state index is 0.0754. The number of piperidine rings is 1. The van der Waals surface area contributed by atoms with E-state index in [0.29, 0.717) is 5.75 Å². The number of carbonyl (C=O) groups excluding carboxylic acids is 1.